The van der Waals surface area contributed by atoms with Crippen molar-refractivity contribution < 1.29 is 9.18 Å². The van der Waals surface area contributed by atoms with Crippen molar-refractivity contribution in [2.45, 2.75) is 45.7 Å². The molecule has 1 aliphatic rings. The maximum absolute atomic E-state index is 15.0. The molecule has 37 heavy (non-hydrogen) atoms. The molecule has 1 aliphatic heterocycles. The third kappa shape index (κ3) is 4.14. The van der Waals surface area contributed by atoms with Crippen LogP contribution in [-0.2, 0) is 18.9 Å². The summed E-state index contributed by atoms with van der Waals surface area (Å²) in [6.07, 6.45) is 3.50. The van der Waals surface area contributed by atoms with Gasteiger partial charge in [0.05, 0.1) is 23.1 Å². The lowest BCUT2D eigenvalue weighted by Gasteiger charge is -2.24. The predicted octanol–water partition coefficient (Wildman–Crippen LogP) is 3.19. The minimum atomic E-state index is -0.852. The molecule has 0 saturated carbocycles. The van der Waals surface area contributed by atoms with E-state index in [1.807, 2.05) is 13.0 Å². The number of benzene rings is 1. The zero-order chi connectivity index (χ0) is 26.6. The SMILES string of the molecule is Cc1sc(NC(=O)[C@H](C)n2ncc3c2c(=O)n(C)c(=O)n3C)nc1-c1ccc(N2CCC[C@@H]2C)c(F)c1. The van der Waals surface area contributed by atoms with Crippen LogP contribution in [0.5, 0.6) is 0 Å². The van der Waals surface area contributed by atoms with Crippen molar-refractivity contribution >= 4 is 39.1 Å². The third-order valence-corrected chi connectivity index (χ3v) is 7.96. The molecular weight excluding hydrogens is 497 g/mol. The first-order chi connectivity index (χ1) is 17.6. The summed E-state index contributed by atoms with van der Waals surface area (Å²) in [6, 6.07) is 4.60. The highest BCUT2D eigenvalue weighted by atomic mass is 32.1. The highest BCUT2D eigenvalue weighted by Gasteiger charge is 2.25. The lowest BCUT2D eigenvalue weighted by atomic mass is 10.1. The number of amides is 1. The highest BCUT2D eigenvalue weighted by molar-refractivity contribution is 7.16. The summed E-state index contributed by atoms with van der Waals surface area (Å²) < 4.78 is 18.6. The van der Waals surface area contributed by atoms with E-state index in [2.05, 4.69) is 27.2 Å². The van der Waals surface area contributed by atoms with Crippen molar-refractivity contribution in [1.82, 2.24) is 23.9 Å². The Morgan fingerprint density at radius 1 is 1.24 bits per heavy atom. The maximum Gasteiger partial charge on any atom is 0.331 e. The summed E-state index contributed by atoms with van der Waals surface area (Å²) in [5.74, 6) is -0.717. The molecule has 1 aromatic carbocycles. The molecule has 4 aromatic rings. The van der Waals surface area contributed by atoms with E-state index in [4.69, 9.17) is 0 Å². The molecule has 0 unspecified atom stereocenters. The summed E-state index contributed by atoms with van der Waals surface area (Å²) >= 11 is 1.28. The van der Waals surface area contributed by atoms with Crippen molar-refractivity contribution in [2.24, 2.45) is 14.1 Å². The number of nitrogens with one attached hydrogen (secondary N) is 1. The summed E-state index contributed by atoms with van der Waals surface area (Å²) in [4.78, 5) is 45.5. The quantitative estimate of drug-likeness (QED) is 0.429. The number of aromatic nitrogens is 5. The topological polar surface area (TPSA) is 107 Å². The second kappa shape index (κ2) is 9.25. The van der Waals surface area contributed by atoms with Gasteiger partial charge in [0.15, 0.2) is 10.6 Å². The van der Waals surface area contributed by atoms with Gasteiger partial charge in [0.1, 0.15) is 11.9 Å². The maximum atomic E-state index is 15.0. The second-order valence-corrected chi connectivity index (χ2v) is 10.7. The molecule has 194 valence electrons. The number of nitrogens with zero attached hydrogens (tertiary/aromatic N) is 6. The van der Waals surface area contributed by atoms with Crippen LogP contribution in [0.3, 0.4) is 0 Å². The Morgan fingerprint density at radius 3 is 2.68 bits per heavy atom. The molecular formula is C25H28FN7O3S. The van der Waals surface area contributed by atoms with E-state index in [0.717, 1.165) is 28.8 Å². The number of carbonyl (C=O) groups excluding carboxylic acids is 1. The van der Waals surface area contributed by atoms with Crippen molar-refractivity contribution in [3.8, 4) is 11.3 Å². The van der Waals surface area contributed by atoms with E-state index >= 15 is 4.39 Å². The first-order valence-corrected chi connectivity index (χ1v) is 12.9. The second-order valence-electron chi connectivity index (χ2n) is 9.47. The Morgan fingerprint density at radius 2 is 2.00 bits per heavy atom. The van der Waals surface area contributed by atoms with Gasteiger partial charge < -0.3 is 10.2 Å². The van der Waals surface area contributed by atoms with Gasteiger partial charge in [-0.05, 0) is 45.7 Å². The zero-order valence-corrected chi connectivity index (χ0v) is 22.1. The summed E-state index contributed by atoms with van der Waals surface area (Å²) in [6.45, 7) is 6.42. The van der Waals surface area contributed by atoms with Crippen LogP contribution in [0.15, 0.2) is 34.0 Å². The van der Waals surface area contributed by atoms with Gasteiger partial charge in [-0.15, -0.1) is 11.3 Å². The largest absolute Gasteiger partial charge is 0.366 e. The monoisotopic (exact) mass is 525 g/mol. The first kappa shape index (κ1) is 24.9. The van der Waals surface area contributed by atoms with E-state index in [1.54, 1.807) is 20.0 Å². The number of halogens is 1. The van der Waals surface area contributed by atoms with Gasteiger partial charge in [-0.2, -0.15) is 5.10 Å². The van der Waals surface area contributed by atoms with Crippen LogP contribution < -0.4 is 21.5 Å². The number of aryl methyl sites for hydroxylation is 2. The fraction of sp³-hybridized carbons (Fsp3) is 0.400. The van der Waals surface area contributed by atoms with Crippen molar-refractivity contribution in [2.75, 3.05) is 16.8 Å². The molecule has 1 amide bonds. The standard InChI is InChI=1S/C25H28FN7O3S/c1-13-7-6-10-32(13)18-9-8-16(11-17(18)26)20-15(3)37-24(28-20)29-22(34)14(2)33-21-19(12-27-33)30(4)25(36)31(5)23(21)35/h8-9,11-14H,6-7,10H2,1-5H3,(H,28,29,34)/t13-,14-/m0/s1. The molecule has 0 aliphatic carbocycles. The van der Waals surface area contributed by atoms with Gasteiger partial charge in [0, 0.05) is 37.1 Å². The number of fused-ring (bicyclic) bond motifs is 1. The average molecular weight is 526 g/mol. The minimum absolute atomic E-state index is 0.158. The van der Waals surface area contributed by atoms with Crippen LogP contribution in [-0.4, -0.2) is 42.4 Å². The molecule has 10 nitrogen and oxygen atoms in total. The Kier molecular flexibility index (Phi) is 6.22. The summed E-state index contributed by atoms with van der Waals surface area (Å²) in [7, 11) is 2.93. The van der Waals surface area contributed by atoms with Crippen molar-refractivity contribution in [3.05, 3.63) is 55.9 Å². The summed E-state index contributed by atoms with van der Waals surface area (Å²) in [5, 5.41) is 7.36. The minimum Gasteiger partial charge on any atom is -0.366 e. The van der Waals surface area contributed by atoms with Crippen molar-refractivity contribution in [1.29, 1.82) is 0 Å². The highest BCUT2D eigenvalue weighted by Crippen LogP contribution is 2.34. The van der Waals surface area contributed by atoms with Crippen LogP contribution in [0, 0.1) is 12.7 Å². The molecule has 1 saturated heterocycles. The average Bonchev–Trinajstić information content (AvgIpc) is 3.59. The van der Waals surface area contributed by atoms with Gasteiger partial charge in [-0.3, -0.25) is 18.7 Å². The smallest absolute Gasteiger partial charge is 0.331 e. The number of hydrogen-bond donors (Lipinski definition) is 1. The lowest BCUT2D eigenvalue weighted by Crippen LogP contribution is -2.38. The van der Waals surface area contributed by atoms with Crippen LogP contribution >= 0.6 is 11.3 Å². The third-order valence-electron chi connectivity index (χ3n) is 7.08. The van der Waals surface area contributed by atoms with Crippen LogP contribution in [0.4, 0.5) is 15.2 Å². The normalized spacial score (nSPS) is 16.5. The molecule has 4 heterocycles. The van der Waals surface area contributed by atoms with Gasteiger partial charge in [-0.25, -0.2) is 18.9 Å². The van der Waals surface area contributed by atoms with Gasteiger partial charge in [0.2, 0.25) is 0 Å². The Bertz CT molecular complexity index is 1650. The fourth-order valence-electron chi connectivity index (χ4n) is 4.89. The van der Waals surface area contributed by atoms with Gasteiger partial charge >= 0.3 is 5.69 Å². The number of thiazole rings is 1. The van der Waals surface area contributed by atoms with E-state index in [9.17, 15) is 14.4 Å². The Labute approximate surface area is 216 Å². The van der Waals surface area contributed by atoms with Crippen LogP contribution in [0.2, 0.25) is 0 Å². The van der Waals surface area contributed by atoms with Crippen LogP contribution in [0.1, 0.15) is 37.6 Å². The molecule has 1 fully saturated rings. The van der Waals surface area contributed by atoms with E-state index in [0.29, 0.717) is 33.6 Å². The molecule has 0 bridgehead atoms. The molecule has 5 rings (SSSR count). The molecule has 0 radical (unpaired) electrons. The Hall–Kier alpha value is -3.80. The number of rotatable bonds is 5. The zero-order valence-electron chi connectivity index (χ0n) is 21.3. The predicted molar refractivity (Wildman–Crippen MR) is 142 cm³/mol. The molecule has 2 atom stereocenters. The Balaban J connectivity index is 1.40. The van der Waals surface area contributed by atoms with E-state index in [1.165, 1.54) is 39.9 Å². The molecule has 12 heteroatoms. The van der Waals surface area contributed by atoms with E-state index < -0.39 is 23.2 Å². The van der Waals surface area contributed by atoms with Gasteiger partial charge in [0.25, 0.3) is 11.5 Å². The number of carbonyl (C=O) groups is 1. The molecule has 0 spiro atoms. The fourth-order valence-corrected chi connectivity index (χ4v) is 5.73. The number of anilines is 2. The van der Waals surface area contributed by atoms with Gasteiger partial charge in [-0.1, -0.05) is 6.07 Å². The molecule has 1 N–H and O–H groups in total. The first-order valence-electron chi connectivity index (χ1n) is 12.1. The summed E-state index contributed by atoms with van der Waals surface area (Å²) in [5.41, 5.74) is 1.33. The van der Waals surface area contributed by atoms with Crippen molar-refractivity contribution in [3.63, 3.8) is 0 Å². The number of hydrogen-bond acceptors (Lipinski definition) is 7. The van der Waals surface area contributed by atoms with Crippen LogP contribution in [0.25, 0.3) is 22.3 Å². The molecule has 3 aromatic heterocycles. The lowest BCUT2D eigenvalue weighted by molar-refractivity contribution is -0.119. The van der Waals surface area contributed by atoms with E-state index in [-0.39, 0.29) is 11.3 Å².